The Morgan fingerprint density at radius 1 is 1.50 bits per heavy atom. The molecule has 3 rings (SSSR count). The summed E-state index contributed by atoms with van der Waals surface area (Å²) in [5, 5.41) is 9.50. The van der Waals surface area contributed by atoms with Crippen LogP contribution in [-0.2, 0) is 26.7 Å². The maximum absolute atomic E-state index is 12.1. The summed E-state index contributed by atoms with van der Waals surface area (Å²) in [4.78, 5) is 12.1. The Labute approximate surface area is 117 Å². The normalized spacial score (nSPS) is 24.3. The number of aromatic amines is 1. The Balaban J connectivity index is 1.71. The fraction of sp³-hybridized carbons (Fsp3) is 0.667. The van der Waals surface area contributed by atoms with Crippen molar-refractivity contribution >= 4 is 15.7 Å². The summed E-state index contributed by atoms with van der Waals surface area (Å²) in [6.07, 6.45) is 2.39. The van der Waals surface area contributed by atoms with Crippen molar-refractivity contribution in [3.05, 3.63) is 17.0 Å². The van der Waals surface area contributed by atoms with Gasteiger partial charge in [0.15, 0.2) is 15.5 Å². The zero-order chi connectivity index (χ0) is 14.2. The summed E-state index contributed by atoms with van der Waals surface area (Å²) >= 11 is 0. The van der Waals surface area contributed by atoms with Gasteiger partial charge in [0.25, 0.3) is 5.91 Å². The number of H-pyrrole nitrogens is 1. The van der Waals surface area contributed by atoms with Crippen molar-refractivity contribution in [2.24, 2.45) is 0 Å². The highest BCUT2D eigenvalue weighted by atomic mass is 32.2. The monoisotopic (exact) mass is 299 g/mol. The third-order valence-electron chi connectivity index (χ3n) is 3.71. The molecule has 0 aromatic carbocycles. The molecule has 0 bridgehead atoms. The molecule has 1 fully saturated rings. The number of nitrogens with one attached hydrogen (secondary N) is 2. The van der Waals surface area contributed by atoms with Gasteiger partial charge in [-0.15, -0.1) is 0 Å². The van der Waals surface area contributed by atoms with E-state index in [4.69, 9.17) is 4.74 Å². The lowest BCUT2D eigenvalue weighted by molar-refractivity contribution is 0.0853. The first-order chi connectivity index (χ1) is 9.55. The Bertz CT molecular complexity index is 617. The van der Waals surface area contributed by atoms with Crippen LogP contribution in [-0.4, -0.2) is 49.5 Å². The van der Waals surface area contributed by atoms with Gasteiger partial charge in [-0.05, 0) is 12.8 Å². The lowest BCUT2D eigenvalue weighted by Crippen LogP contribution is -2.33. The van der Waals surface area contributed by atoms with Gasteiger partial charge in [0.05, 0.1) is 17.6 Å². The van der Waals surface area contributed by atoms with Crippen LogP contribution in [0.25, 0.3) is 0 Å². The molecular weight excluding hydrogens is 282 g/mol. The van der Waals surface area contributed by atoms with Crippen molar-refractivity contribution in [1.82, 2.24) is 15.5 Å². The number of ether oxygens (including phenoxy) is 1. The molecule has 2 N–H and O–H groups in total. The summed E-state index contributed by atoms with van der Waals surface area (Å²) in [5.41, 5.74) is 1.46. The quantitative estimate of drug-likeness (QED) is 0.804. The van der Waals surface area contributed by atoms with Crippen molar-refractivity contribution in [1.29, 1.82) is 0 Å². The Morgan fingerprint density at radius 2 is 2.35 bits per heavy atom. The largest absolute Gasteiger partial charge is 0.376 e. The van der Waals surface area contributed by atoms with Gasteiger partial charge in [-0.2, -0.15) is 5.10 Å². The number of amides is 1. The van der Waals surface area contributed by atoms with E-state index < -0.39 is 9.84 Å². The van der Waals surface area contributed by atoms with E-state index >= 15 is 0 Å². The number of hydrogen-bond acceptors (Lipinski definition) is 5. The number of carbonyl (C=O) groups excluding carboxylic acids is 1. The number of fused-ring (bicyclic) bond motifs is 1. The molecule has 0 unspecified atom stereocenters. The SMILES string of the molecule is O=C(NC[C@@H]1CCCO1)c1n[nH]c2c1CS(=O)(=O)CC2. The molecule has 0 spiro atoms. The van der Waals surface area contributed by atoms with Crippen LogP contribution in [0.4, 0.5) is 0 Å². The summed E-state index contributed by atoms with van der Waals surface area (Å²) < 4.78 is 28.7. The van der Waals surface area contributed by atoms with Crippen molar-refractivity contribution in [2.75, 3.05) is 18.9 Å². The molecule has 1 atom stereocenters. The minimum absolute atomic E-state index is 0.0532. The van der Waals surface area contributed by atoms with E-state index in [0.29, 0.717) is 18.5 Å². The van der Waals surface area contributed by atoms with Crippen LogP contribution in [0, 0.1) is 0 Å². The van der Waals surface area contributed by atoms with E-state index in [1.807, 2.05) is 0 Å². The van der Waals surface area contributed by atoms with Gasteiger partial charge >= 0.3 is 0 Å². The molecule has 1 saturated heterocycles. The van der Waals surface area contributed by atoms with E-state index in [-0.39, 0.29) is 29.2 Å². The fourth-order valence-electron chi connectivity index (χ4n) is 2.60. The lowest BCUT2D eigenvalue weighted by Gasteiger charge is -2.13. The summed E-state index contributed by atoms with van der Waals surface area (Å²) in [5.74, 6) is -0.337. The van der Waals surface area contributed by atoms with Crippen molar-refractivity contribution < 1.29 is 17.9 Å². The molecule has 1 amide bonds. The zero-order valence-corrected chi connectivity index (χ0v) is 11.8. The Kier molecular flexibility index (Phi) is 3.51. The Hall–Kier alpha value is -1.41. The number of carbonyl (C=O) groups is 1. The van der Waals surface area contributed by atoms with Crippen molar-refractivity contribution in [3.8, 4) is 0 Å². The number of nitrogens with zero attached hydrogens (tertiary/aromatic N) is 1. The summed E-state index contributed by atoms with van der Waals surface area (Å²) in [7, 11) is -3.12. The summed E-state index contributed by atoms with van der Waals surface area (Å²) in [6.45, 7) is 1.17. The highest BCUT2D eigenvalue weighted by molar-refractivity contribution is 7.90. The predicted molar refractivity (Wildman–Crippen MR) is 71.1 cm³/mol. The molecule has 2 aliphatic rings. The minimum atomic E-state index is -3.12. The highest BCUT2D eigenvalue weighted by Crippen LogP contribution is 2.22. The minimum Gasteiger partial charge on any atom is -0.376 e. The first-order valence-electron chi connectivity index (χ1n) is 6.71. The first-order valence-corrected chi connectivity index (χ1v) is 8.53. The average molecular weight is 299 g/mol. The van der Waals surface area contributed by atoms with Gasteiger partial charge in [0.2, 0.25) is 0 Å². The third-order valence-corrected chi connectivity index (χ3v) is 5.26. The molecule has 0 saturated carbocycles. The molecule has 20 heavy (non-hydrogen) atoms. The molecule has 0 aliphatic carbocycles. The predicted octanol–water partition coefficient (Wildman–Crippen LogP) is -0.211. The van der Waals surface area contributed by atoms with Crippen LogP contribution >= 0.6 is 0 Å². The van der Waals surface area contributed by atoms with Gasteiger partial charge in [-0.25, -0.2) is 8.42 Å². The second-order valence-corrected chi connectivity index (χ2v) is 7.40. The fourth-order valence-corrected chi connectivity index (χ4v) is 4.01. The highest BCUT2D eigenvalue weighted by Gasteiger charge is 2.29. The maximum atomic E-state index is 12.1. The van der Waals surface area contributed by atoms with Crippen LogP contribution in [0.5, 0.6) is 0 Å². The van der Waals surface area contributed by atoms with Gasteiger partial charge in [0.1, 0.15) is 0 Å². The number of hydrogen-bond donors (Lipinski definition) is 2. The van der Waals surface area contributed by atoms with Crippen LogP contribution < -0.4 is 5.32 Å². The number of rotatable bonds is 3. The third kappa shape index (κ3) is 2.71. The van der Waals surface area contributed by atoms with Gasteiger partial charge in [-0.3, -0.25) is 9.89 Å². The molecule has 8 heteroatoms. The smallest absolute Gasteiger partial charge is 0.272 e. The standard InChI is InChI=1S/C12H17N3O4S/c16-12(13-6-8-2-1-4-19-8)11-9-7-20(17,18)5-3-10(9)14-15-11/h8H,1-7H2,(H,13,16)(H,14,15)/t8-/m0/s1. The molecule has 110 valence electrons. The van der Waals surface area contributed by atoms with Crippen LogP contribution in [0.1, 0.15) is 34.6 Å². The van der Waals surface area contributed by atoms with E-state index in [1.54, 1.807) is 0 Å². The lowest BCUT2D eigenvalue weighted by atomic mass is 10.1. The van der Waals surface area contributed by atoms with E-state index in [2.05, 4.69) is 15.5 Å². The molecule has 0 radical (unpaired) electrons. The first kappa shape index (κ1) is 13.6. The van der Waals surface area contributed by atoms with Crippen LogP contribution in [0.15, 0.2) is 0 Å². The van der Waals surface area contributed by atoms with E-state index in [0.717, 1.165) is 25.1 Å². The molecule has 1 aromatic heterocycles. The molecule has 2 aliphatic heterocycles. The molecule has 7 nitrogen and oxygen atoms in total. The van der Waals surface area contributed by atoms with Crippen LogP contribution in [0.3, 0.4) is 0 Å². The van der Waals surface area contributed by atoms with Gasteiger partial charge < -0.3 is 10.1 Å². The summed E-state index contributed by atoms with van der Waals surface area (Å²) in [6, 6.07) is 0. The number of aromatic nitrogens is 2. The number of sulfone groups is 1. The molecular formula is C12H17N3O4S. The maximum Gasteiger partial charge on any atom is 0.272 e. The van der Waals surface area contributed by atoms with E-state index in [1.165, 1.54) is 0 Å². The second kappa shape index (κ2) is 5.17. The topological polar surface area (TPSA) is 101 Å². The average Bonchev–Trinajstić information content (AvgIpc) is 3.03. The van der Waals surface area contributed by atoms with Gasteiger partial charge in [0, 0.05) is 30.8 Å². The van der Waals surface area contributed by atoms with E-state index in [9.17, 15) is 13.2 Å². The second-order valence-electron chi connectivity index (χ2n) is 5.22. The number of aryl methyl sites for hydroxylation is 1. The van der Waals surface area contributed by atoms with Crippen molar-refractivity contribution in [3.63, 3.8) is 0 Å². The van der Waals surface area contributed by atoms with Crippen LogP contribution in [0.2, 0.25) is 0 Å². The zero-order valence-electron chi connectivity index (χ0n) is 11.0. The Morgan fingerprint density at radius 3 is 3.10 bits per heavy atom. The van der Waals surface area contributed by atoms with Gasteiger partial charge in [-0.1, -0.05) is 0 Å². The molecule has 1 aromatic rings. The van der Waals surface area contributed by atoms with Crippen molar-refractivity contribution in [2.45, 2.75) is 31.1 Å². The molecule has 3 heterocycles.